The topological polar surface area (TPSA) is 56.2 Å². The molecule has 0 spiro atoms. The van der Waals surface area contributed by atoms with E-state index in [9.17, 15) is 8.78 Å². The van der Waals surface area contributed by atoms with E-state index < -0.39 is 11.6 Å². The van der Waals surface area contributed by atoms with Crippen LogP contribution in [-0.4, -0.2) is 14.4 Å². The highest BCUT2D eigenvalue weighted by atomic mass is 19.1. The molecule has 0 fully saturated rings. The number of imidazole rings is 1. The molecule has 1 aromatic carbocycles. The van der Waals surface area contributed by atoms with Crippen molar-refractivity contribution in [2.24, 2.45) is 0 Å². The van der Waals surface area contributed by atoms with Gasteiger partial charge in [-0.1, -0.05) is 13.8 Å². The van der Waals surface area contributed by atoms with Gasteiger partial charge in [0.15, 0.2) is 5.82 Å². The summed E-state index contributed by atoms with van der Waals surface area (Å²) >= 11 is 0. The first-order valence-corrected chi connectivity index (χ1v) is 6.61. The lowest BCUT2D eigenvalue weighted by atomic mass is 10.1. The Morgan fingerprint density at radius 1 is 1.14 bits per heavy atom. The fraction of sp³-hybridized carbons (Fsp3) is 0.200. The van der Waals surface area contributed by atoms with Gasteiger partial charge in [-0.05, 0) is 19.1 Å². The number of anilines is 1. The SMILES string of the molecule is CC.Cc1ncn2cc(-c3c(F)ccc(N)c3F)ncc12. The van der Waals surface area contributed by atoms with E-state index in [0.717, 1.165) is 17.3 Å². The lowest BCUT2D eigenvalue weighted by Gasteiger charge is -2.07. The van der Waals surface area contributed by atoms with Crippen LogP contribution in [0.5, 0.6) is 0 Å². The molecule has 0 saturated carbocycles. The zero-order chi connectivity index (χ0) is 15.6. The maximum atomic E-state index is 13.9. The predicted molar refractivity (Wildman–Crippen MR) is 78.8 cm³/mol. The highest BCUT2D eigenvalue weighted by Gasteiger charge is 2.16. The molecular formula is C15H16F2N4. The van der Waals surface area contributed by atoms with E-state index >= 15 is 0 Å². The molecule has 110 valence electrons. The summed E-state index contributed by atoms with van der Waals surface area (Å²) in [6, 6.07) is 2.31. The number of fused-ring (bicyclic) bond motifs is 1. The first kappa shape index (κ1) is 14.9. The normalized spacial score (nSPS) is 10.3. The van der Waals surface area contributed by atoms with Crippen molar-refractivity contribution in [3.8, 4) is 11.3 Å². The number of hydrogen-bond acceptors (Lipinski definition) is 3. The Balaban J connectivity index is 0.000000774. The van der Waals surface area contributed by atoms with Crippen LogP contribution >= 0.6 is 0 Å². The summed E-state index contributed by atoms with van der Waals surface area (Å²) in [7, 11) is 0. The number of aromatic nitrogens is 3. The van der Waals surface area contributed by atoms with Crippen molar-refractivity contribution in [3.63, 3.8) is 0 Å². The summed E-state index contributed by atoms with van der Waals surface area (Å²) in [5.74, 6) is -1.50. The van der Waals surface area contributed by atoms with Crippen molar-refractivity contribution in [1.29, 1.82) is 0 Å². The first-order valence-electron chi connectivity index (χ1n) is 6.61. The number of aryl methyl sites for hydroxylation is 1. The van der Waals surface area contributed by atoms with Gasteiger partial charge >= 0.3 is 0 Å². The van der Waals surface area contributed by atoms with Gasteiger partial charge in [0.2, 0.25) is 0 Å². The van der Waals surface area contributed by atoms with Crippen molar-refractivity contribution in [3.05, 3.63) is 48.2 Å². The Bertz CT molecular complexity index is 781. The molecule has 2 N–H and O–H groups in total. The third kappa shape index (κ3) is 2.56. The van der Waals surface area contributed by atoms with E-state index in [2.05, 4.69) is 9.97 Å². The van der Waals surface area contributed by atoms with Crippen LogP contribution < -0.4 is 5.73 Å². The third-order valence-electron chi connectivity index (χ3n) is 2.99. The molecule has 3 aromatic rings. The average Bonchev–Trinajstić information content (AvgIpc) is 2.87. The van der Waals surface area contributed by atoms with Crippen LogP contribution in [0, 0.1) is 18.6 Å². The van der Waals surface area contributed by atoms with Crippen LogP contribution in [-0.2, 0) is 0 Å². The van der Waals surface area contributed by atoms with E-state index in [1.54, 1.807) is 10.7 Å². The summed E-state index contributed by atoms with van der Waals surface area (Å²) in [5.41, 5.74) is 6.87. The number of halogens is 2. The van der Waals surface area contributed by atoms with Crippen LogP contribution in [0.1, 0.15) is 19.5 Å². The zero-order valence-corrected chi connectivity index (χ0v) is 12.1. The molecule has 0 saturated heterocycles. The molecule has 0 aliphatic heterocycles. The summed E-state index contributed by atoms with van der Waals surface area (Å²) in [4.78, 5) is 8.18. The molecule has 2 aromatic heterocycles. The highest BCUT2D eigenvalue weighted by Crippen LogP contribution is 2.28. The van der Waals surface area contributed by atoms with E-state index in [4.69, 9.17) is 5.73 Å². The fourth-order valence-corrected chi connectivity index (χ4v) is 1.96. The van der Waals surface area contributed by atoms with Crippen molar-refractivity contribution >= 4 is 11.2 Å². The van der Waals surface area contributed by atoms with E-state index in [1.165, 1.54) is 18.5 Å². The maximum Gasteiger partial charge on any atom is 0.158 e. The molecule has 0 radical (unpaired) electrons. The number of nitrogen functional groups attached to an aromatic ring is 1. The van der Waals surface area contributed by atoms with Crippen LogP contribution in [0.25, 0.3) is 16.8 Å². The van der Waals surface area contributed by atoms with E-state index in [0.29, 0.717) is 0 Å². The number of hydrogen-bond donors (Lipinski definition) is 1. The Labute approximate surface area is 121 Å². The Morgan fingerprint density at radius 3 is 2.57 bits per heavy atom. The molecule has 3 rings (SSSR count). The smallest absolute Gasteiger partial charge is 0.158 e. The molecule has 21 heavy (non-hydrogen) atoms. The molecule has 4 nitrogen and oxygen atoms in total. The number of benzene rings is 1. The van der Waals surface area contributed by atoms with Crippen molar-refractivity contribution in [2.75, 3.05) is 5.73 Å². The second-order valence-corrected chi connectivity index (χ2v) is 4.22. The van der Waals surface area contributed by atoms with Gasteiger partial charge in [0.1, 0.15) is 5.82 Å². The van der Waals surface area contributed by atoms with Crippen LogP contribution in [0.15, 0.2) is 30.9 Å². The predicted octanol–water partition coefficient (Wildman–Crippen LogP) is 3.59. The largest absolute Gasteiger partial charge is 0.396 e. The summed E-state index contributed by atoms with van der Waals surface area (Å²) in [5, 5.41) is 0. The average molecular weight is 290 g/mol. The van der Waals surface area contributed by atoms with Gasteiger partial charge in [0.25, 0.3) is 0 Å². The second kappa shape index (κ2) is 5.87. The quantitative estimate of drug-likeness (QED) is 0.697. The van der Waals surface area contributed by atoms with Crippen molar-refractivity contribution < 1.29 is 8.78 Å². The van der Waals surface area contributed by atoms with Gasteiger partial charge in [-0.3, -0.25) is 4.98 Å². The maximum absolute atomic E-state index is 13.9. The summed E-state index contributed by atoms with van der Waals surface area (Å²) in [6.45, 7) is 5.83. The summed E-state index contributed by atoms with van der Waals surface area (Å²) < 4.78 is 29.4. The van der Waals surface area contributed by atoms with Crippen molar-refractivity contribution in [2.45, 2.75) is 20.8 Å². The molecule has 6 heteroatoms. The zero-order valence-electron chi connectivity index (χ0n) is 12.1. The van der Waals surface area contributed by atoms with E-state index in [-0.39, 0.29) is 16.9 Å². The number of rotatable bonds is 1. The Hall–Kier alpha value is -2.50. The first-order chi connectivity index (χ1) is 10.1. The molecule has 2 heterocycles. The van der Waals surface area contributed by atoms with Crippen LogP contribution in [0.2, 0.25) is 0 Å². The Morgan fingerprint density at radius 2 is 1.86 bits per heavy atom. The standard InChI is InChI=1S/C13H10F2N4.C2H6/c1-7-11-4-17-10(5-19(11)6-18-7)12-8(14)2-3-9(16)13(12)15;1-2/h2-6H,16H2,1H3;1-2H3. The lowest BCUT2D eigenvalue weighted by Crippen LogP contribution is -1.99. The molecule has 0 aliphatic rings. The number of nitrogens with zero attached hydrogens (tertiary/aromatic N) is 3. The monoisotopic (exact) mass is 290 g/mol. The molecule has 0 atom stereocenters. The second-order valence-electron chi connectivity index (χ2n) is 4.22. The fourth-order valence-electron chi connectivity index (χ4n) is 1.96. The molecule has 0 amide bonds. The van der Waals surface area contributed by atoms with Gasteiger partial charge in [0.05, 0.1) is 40.7 Å². The lowest BCUT2D eigenvalue weighted by molar-refractivity contribution is 0.591. The Kier molecular flexibility index (Phi) is 4.16. The van der Waals surface area contributed by atoms with Gasteiger partial charge in [-0.2, -0.15) is 0 Å². The molecule has 0 bridgehead atoms. The van der Waals surface area contributed by atoms with E-state index in [1.807, 2.05) is 20.8 Å². The van der Waals surface area contributed by atoms with Gasteiger partial charge in [-0.25, -0.2) is 13.8 Å². The van der Waals surface area contributed by atoms with Crippen LogP contribution in [0.3, 0.4) is 0 Å². The third-order valence-corrected chi connectivity index (χ3v) is 2.99. The van der Waals surface area contributed by atoms with Gasteiger partial charge in [-0.15, -0.1) is 0 Å². The van der Waals surface area contributed by atoms with Gasteiger partial charge < -0.3 is 10.1 Å². The minimum atomic E-state index is -0.802. The molecular weight excluding hydrogens is 274 g/mol. The molecule has 0 unspecified atom stereocenters. The minimum absolute atomic E-state index is 0.111. The van der Waals surface area contributed by atoms with Crippen LogP contribution in [0.4, 0.5) is 14.5 Å². The number of nitrogens with two attached hydrogens (primary N) is 1. The minimum Gasteiger partial charge on any atom is -0.396 e. The highest BCUT2D eigenvalue weighted by molar-refractivity contribution is 5.67. The van der Waals surface area contributed by atoms with Gasteiger partial charge in [0, 0.05) is 6.20 Å². The van der Waals surface area contributed by atoms with Crippen molar-refractivity contribution in [1.82, 2.24) is 14.4 Å². The summed E-state index contributed by atoms with van der Waals surface area (Å²) in [6.07, 6.45) is 4.62. The molecule has 0 aliphatic carbocycles.